The van der Waals surface area contributed by atoms with E-state index in [-0.39, 0.29) is 6.54 Å². The van der Waals surface area contributed by atoms with E-state index >= 15 is 0 Å². The molecule has 0 saturated heterocycles. The van der Waals surface area contributed by atoms with Gasteiger partial charge in [-0.2, -0.15) is 5.10 Å². The number of aromatic nitrogens is 3. The van der Waals surface area contributed by atoms with Crippen LogP contribution in [0.2, 0.25) is 10.0 Å². The Labute approximate surface area is 128 Å². The van der Waals surface area contributed by atoms with Crippen LogP contribution in [0.25, 0.3) is 0 Å². The highest BCUT2D eigenvalue weighted by atomic mass is 35.5. The summed E-state index contributed by atoms with van der Waals surface area (Å²) < 4.78 is 0. The van der Waals surface area contributed by atoms with Crippen LogP contribution in [-0.2, 0) is 6.42 Å². The number of amides is 1. The zero-order valence-electron chi connectivity index (χ0n) is 10.6. The molecule has 21 heavy (non-hydrogen) atoms. The van der Waals surface area contributed by atoms with Crippen molar-refractivity contribution in [1.82, 2.24) is 20.5 Å². The molecule has 110 valence electrons. The third-order valence-corrected chi connectivity index (χ3v) is 3.21. The average molecular weight is 329 g/mol. The van der Waals surface area contributed by atoms with Crippen molar-refractivity contribution in [3.8, 4) is 0 Å². The lowest BCUT2D eigenvalue weighted by molar-refractivity contribution is 0.0946. The minimum absolute atomic E-state index is 0.250. The second-order valence-corrected chi connectivity index (χ2v) is 4.94. The number of aromatic amines is 2. The van der Waals surface area contributed by atoms with E-state index in [1.807, 2.05) is 10.1 Å². The minimum atomic E-state index is -0.847. The molecule has 1 heterocycles. The van der Waals surface area contributed by atoms with E-state index in [2.05, 4.69) is 10.4 Å². The highest BCUT2D eigenvalue weighted by molar-refractivity contribution is 6.35. The van der Waals surface area contributed by atoms with Crippen molar-refractivity contribution in [2.45, 2.75) is 6.42 Å². The molecule has 0 spiro atoms. The summed E-state index contributed by atoms with van der Waals surface area (Å²) in [4.78, 5) is 35.8. The lowest BCUT2D eigenvalue weighted by Crippen LogP contribution is -2.36. The van der Waals surface area contributed by atoms with E-state index in [0.717, 1.165) is 5.56 Å². The Balaban J connectivity index is 1.98. The second-order valence-electron chi connectivity index (χ2n) is 4.10. The van der Waals surface area contributed by atoms with Gasteiger partial charge in [0.1, 0.15) is 0 Å². The molecule has 0 atom stereocenters. The molecule has 1 aromatic heterocycles. The Morgan fingerprint density at radius 3 is 2.71 bits per heavy atom. The van der Waals surface area contributed by atoms with Crippen LogP contribution in [0.1, 0.15) is 16.1 Å². The van der Waals surface area contributed by atoms with Gasteiger partial charge in [-0.05, 0) is 24.1 Å². The van der Waals surface area contributed by atoms with E-state index in [1.54, 1.807) is 18.2 Å². The van der Waals surface area contributed by atoms with E-state index in [9.17, 15) is 14.4 Å². The van der Waals surface area contributed by atoms with E-state index in [4.69, 9.17) is 23.2 Å². The SMILES string of the molecule is O=C(NCCc1ccc(Cl)cc1Cl)c1n[nH]c(=O)[nH]c1=O. The molecule has 9 heteroatoms. The number of H-pyrrole nitrogens is 2. The zero-order valence-corrected chi connectivity index (χ0v) is 12.1. The number of benzene rings is 1. The minimum Gasteiger partial charge on any atom is -0.350 e. The third kappa shape index (κ3) is 3.93. The molecular weight excluding hydrogens is 319 g/mol. The van der Waals surface area contributed by atoms with Crippen LogP contribution in [0.3, 0.4) is 0 Å². The highest BCUT2D eigenvalue weighted by Crippen LogP contribution is 2.20. The summed E-state index contributed by atoms with van der Waals surface area (Å²) in [5.74, 6) is -0.683. The fourth-order valence-corrected chi connectivity index (χ4v) is 2.12. The zero-order chi connectivity index (χ0) is 15.4. The molecule has 0 unspecified atom stereocenters. The number of carbonyl (C=O) groups is 1. The van der Waals surface area contributed by atoms with Gasteiger partial charge >= 0.3 is 5.69 Å². The smallest absolute Gasteiger partial charge is 0.342 e. The maximum Gasteiger partial charge on any atom is 0.342 e. The predicted octanol–water partition coefficient (Wildman–Crippen LogP) is 0.737. The number of nitrogens with one attached hydrogen (secondary N) is 3. The number of hydrogen-bond acceptors (Lipinski definition) is 4. The number of nitrogens with zero attached hydrogens (tertiary/aromatic N) is 1. The van der Waals surface area contributed by atoms with E-state index in [0.29, 0.717) is 16.5 Å². The summed E-state index contributed by atoms with van der Waals surface area (Å²) in [6.07, 6.45) is 0.461. The van der Waals surface area contributed by atoms with Crippen LogP contribution >= 0.6 is 23.2 Å². The molecule has 0 aliphatic rings. The summed E-state index contributed by atoms with van der Waals surface area (Å²) in [7, 11) is 0. The van der Waals surface area contributed by atoms with Gasteiger partial charge in [-0.15, -0.1) is 0 Å². The van der Waals surface area contributed by atoms with Crippen molar-refractivity contribution in [3.63, 3.8) is 0 Å². The van der Waals surface area contributed by atoms with Gasteiger partial charge in [0, 0.05) is 16.6 Å². The molecule has 7 nitrogen and oxygen atoms in total. The Morgan fingerprint density at radius 1 is 1.29 bits per heavy atom. The monoisotopic (exact) mass is 328 g/mol. The predicted molar refractivity (Wildman–Crippen MR) is 78.0 cm³/mol. The molecular formula is C12H10Cl2N4O3. The Bertz CT molecular complexity index is 785. The molecule has 0 saturated carbocycles. The summed E-state index contributed by atoms with van der Waals surface area (Å²) in [5, 5.41) is 8.92. The summed E-state index contributed by atoms with van der Waals surface area (Å²) in [6.45, 7) is 0.250. The van der Waals surface area contributed by atoms with Gasteiger partial charge < -0.3 is 5.32 Å². The molecule has 1 amide bonds. The van der Waals surface area contributed by atoms with Crippen LogP contribution in [0.4, 0.5) is 0 Å². The molecule has 0 fully saturated rings. The van der Waals surface area contributed by atoms with Gasteiger partial charge in [-0.1, -0.05) is 29.3 Å². The molecule has 0 aliphatic carbocycles. The number of halogens is 2. The third-order valence-electron chi connectivity index (χ3n) is 2.62. The quantitative estimate of drug-likeness (QED) is 0.769. The van der Waals surface area contributed by atoms with Gasteiger partial charge in [0.05, 0.1) is 0 Å². The first-order valence-corrected chi connectivity index (χ1v) is 6.64. The van der Waals surface area contributed by atoms with Gasteiger partial charge in [0.25, 0.3) is 11.5 Å². The number of carbonyl (C=O) groups excluding carboxylic acids is 1. The fourth-order valence-electron chi connectivity index (χ4n) is 1.62. The van der Waals surface area contributed by atoms with Gasteiger partial charge in [-0.3, -0.25) is 14.6 Å². The molecule has 2 rings (SSSR count). The van der Waals surface area contributed by atoms with E-state index in [1.165, 1.54) is 0 Å². The van der Waals surface area contributed by atoms with Crippen molar-refractivity contribution in [2.24, 2.45) is 0 Å². The second kappa shape index (κ2) is 6.55. The first kappa shape index (κ1) is 15.3. The van der Waals surface area contributed by atoms with Crippen molar-refractivity contribution in [2.75, 3.05) is 6.54 Å². The normalized spacial score (nSPS) is 10.4. The standard InChI is InChI=1S/C12H10Cl2N4O3/c13-7-2-1-6(8(14)5-7)3-4-15-10(19)9-11(20)16-12(21)18-17-9/h1-2,5H,3-4H2,(H,15,19)(H2,16,18,20,21). The van der Waals surface area contributed by atoms with Crippen LogP contribution in [0, 0.1) is 0 Å². The highest BCUT2D eigenvalue weighted by Gasteiger charge is 2.12. The number of rotatable bonds is 4. The van der Waals surface area contributed by atoms with Crippen molar-refractivity contribution < 1.29 is 4.79 Å². The van der Waals surface area contributed by atoms with Crippen LogP contribution < -0.4 is 16.6 Å². The summed E-state index contributed by atoms with van der Waals surface area (Å²) in [5.41, 5.74) is -1.22. The first-order valence-electron chi connectivity index (χ1n) is 5.88. The van der Waals surface area contributed by atoms with Crippen LogP contribution in [0.5, 0.6) is 0 Å². The maximum absolute atomic E-state index is 11.7. The lowest BCUT2D eigenvalue weighted by Gasteiger charge is -2.06. The first-order chi connectivity index (χ1) is 9.97. The Hall–Kier alpha value is -2.12. The molecule has 0 bridgehead atoms. The average Bonchev–Trinajstić information content (AvgIpc) is 2.41. The van der Waals surface area contributed by atoms with Crippen molar-refractivity contribution in [1.29, 1.82) is 0 Å². The van der Waals surface area contributed by atoms with Crippen LogP contribution in [-0.4, -0.2) is 27.6 Å². The molecule has 3 N–H and O–H groups in total. The molecule has 0 aliphatic heterocycles. The lowest BCUT2D eigenvalue weighted by atomic mass is 10.1. The summed E-state index contributed by atoms with van der Waals surface area (Å²) in [6, 6.07) is 5.05. The Morgan fingerprint density at radius 2 is 2.05 bits per heavy atom. The van der Waals surface area contributed by atoms with Gasteiger partial charge in [-0.25, -0.2) is 9.89 Å². The van der Waals surface area contributed by atoms with Gasteiger partial charge in [0.2, 0.25) is 5.69 Å². The van der Waals surface area contributed by atoms with Crippen molar-refractivity contribution in [3.05, 3.63) is 60.3 Å². The molecule has 1 aromatic carbocycles. The van der Waals surface area contributed by atoms with E-state index < -0.39 is 22.9 Å². The fraction of sp³-hybridized carbons (Fsp3) is 0.167. The van der Waals surface area contributed by atoms with Gasteiger partial charge in [0.15, 0.2) is 0 Å². The largest absolute Gasteiger partial charge is 0.350 e. The van der Waals surface area contributed by atoms with Crippen molar-refractivity contribution >= 4 is 29.1 Å². The topological polar surface area (TPSA) is 108 Å². The Kier molecular flexibility index (Phi) is 4.77. The molecule has 2 aromatic rings. The van der Waals surface area contributed by atoms with Crippen LogP contribution in [0.15, 0.2) is 27.8 Å². The summed E-state index contributed by atoms with van der Waals surface area (Å²) >= 11 is 11.8. The molecule has 0 radical (unpaired) electrons. The number of hydrogen-bond donors (Lipinski definition) is 3. The maximum atomic E-state index is 11.7.